The van der Waals surface area contributed by atoms with E-state index in [-0.39, 0.29) is 6.04 Å². The summed E-state index contributed by atoms with van der Waals surface area (Å²) in [5, 5.41) is 3.73. The average Bonchev–Trinajstić information content (AvgIpc) is 2.80. The molecule has 0 bridgehead atoms. The number of hydrogen-bond donors (Lipinski definition) is 1. The SMILES string of the molecule is Cc1cc(Cl)ccc1S(=O)(=O)N(C)[C@@H]1CCNC1. The van der Waals surface area contributed by atoms with E-state index in [1.807, 2.05) is 0 Å². The van der Waals surface area contributed by atoms with Crippen molar-refractivity contribution in [2.45, 2.75) is 24.3 Å². The first-order chi connectivity index (χ1) is 8.43. The van der Waals surface area contributed by atoms with Crippen molar-refractivity contribution in [2.75, 3.05) is 20.1 Å². The third-order valence-electron chi connectivity index (χ3n) is 3.34. The molecule has 6 heteroatoms. The lowest BCUT2D eigenvalue weighted by Gasteiger charge is -2.24. The van der Waals surface area contributed by atoms with Crippen LogP contribution >= 0.6 is 11.6 Å². The number of halogens is 1. The third kappa shape index (κ3) is 2.54. The van der Waals surface area contributed by atoms with Gasteiger partial charge in [0, 0.05) is 24.7 Å². The molecule has 0 amide bonds. The summed E-state index contributed by atoms with van der Waals surface area (Å²) in [6.45, 7) is 3.34. The first kappa shape index (κ1) is 13.8. The summed E-state index contributed by atoms with van der Waals surface area (Å²) in [5.41, 5.74) is 0.681. The maximum atomic E-state index is 12.5. The maximum absolute atomic E-state index is 12.5. The van der Waals surface area contributed by atoms with Crippen molar-refractivity contribution in [3.63, 3.8) is 0 Å². The molecule has 0 unspecified atom stereocenters. The van der Waals surface area contributed by atoms with Crippen LogP contribution in [-0.2, 0) is 10.0 Å². The first-order valence-electron chi connectivity index (χ1n) is 5.88. The molecule has 1 atom stereocenters. The molecule has 0 saturated carbocycles. The van der Waals surface area contributed by atoms with E-state index in [0.29, 0.717) is 22.0 Å². The van der Waals surface area contributed by atoms with Crippen molar-refractivity contribution in [3.05, 3.63) is 28.8 Å². The van der Waals surface area contributed by atoms with E-state index in [4.69, 9.17) is 11.6 Å². The molecule has 18 heavy (non-hydrogen) atoms. The number of rotatable bonds is 3. The molecule has 1 aromatic rings. The summed E-state index contributed by atoms with van der Waals surface area (Å²) in [6.07, 6.45) is 0.850. The smallest absolute Gasteiger partial charge is 0.243 e. The van der Waals surface area contributed by atoms with Gasteiger partial charge in [-0.15, -0.1) is 0 Å². The number of nitrogens with one attached hydrogen (secondary N) is 1. The van der Waals surface area contributed by atoms with Gasteiger partial charge in [0.05, 0.1) is 4.90 Å². The number of sulfonamides is 1. The zero-order chi connectivity index (χ0) is 13.3. The van der Waals surface area contributed by atoms with Crippen LogP contribution in [0.2, 0.25) is 5.02 Å². The zero-order valence-corrected chi connectivity index (χ0v) is 12.1. The summed E-state index contributed by atoms with van der Waals surface area (Å²) in [7, 11) is -1.80. The largest absolute Gasteiger partial charge is 0.315 e. The predicted octanol–water partition coefficient (Wildman–Crippen LogP) is 1.63. The number of likely N-dealkylation sites (N-methyl/N-ethyl adjacent to an activating group) is 1. The fraction of sp³-hybridized carbons (Fsp3) is 0.500. The number of hydrogen-bond acceptors (Lipinski definition) is 3. The molecule has 0 aromatic heterocycles. The van der Waals surface area contributed by atoms with Crippen molar-refractivity contribution >= 4 is 21.6 Å². The van der Waals surface area contributed by atoms with Gasteiger partial charge in [-0.25, -0.2) is 8.42 Å². The maximum Gasteiger partial charge on any atom is 0.243 e. The molecular weight excluding hydrogens is 272 g/mol. The van der Waals surface area contributed by atoms with Crippen LogP contribution in [-0.4, -0.2) is 38.9 Å². The lowest BCUT2D eigenvalue weighted by Crippen LogP contribution is -2.38. The monoisotopic (exact) mass is 288 g/mol. The fourth-order valence-corrected chi connectivity index (χ4v) is 4.02. The molecule has 1 aliphatic rings. The minimum Gasteiger partial charge on any atom is -0.315 e. The quantitative estimate of drug-likeness (QED) is 0.920. The van der Waals surface area contributed by atoms with Crippen molar-refractivity contribution in [1.82, 2.24) is 9.62 Å². The summed E-state index contributed by atoms with van der Waals surface area (Å²) in [5.74, 6) is 0. The highest BCUT2D eigenvalue weighted by atomic mass is 35.5. The Balaban J connectivity index is 2.35. The van der Waals surface area contributed by atoms with Crippen LogP contribution in [0.5, 0.6) is 0 Å². The van der Waals surface area contributed by atoms with Gasteiger partial charge in [0.1, 0.15) is 0 Å². The summed E-state index contributed by atoms with van der Waals surface area (Å²) >= 11 is 5.86. The molecule has 1 N–H and O–H groups in total. The van der Waals surface area contributed by atoms with Crippen LogP contribution in [0.4, 0.5) is 0 Å². The molecule has 1 saturated heterocycles. The molecule has 1 aromatic carbocycles. The Kier molecular flexibility index (Phi) is 3.96. The Hall–Kier alpha value is -0.620. The van der Waals surface area contributed by atoms with Crippen LogP contribution in [0.1, 0.15) is 12.0 Å². The molecule has 0 spiro atoms. The molecule has 1 fully saturated rings. The van der Waals surface area contributed by atoms with Gasteiger partial charge in [-0.05, 0) is 43.7 Å². The second kappa shape index (κ2) is 5.17. The van der Waals surface area contributed by atoms with Gasteiger partial charge in [-0.2, -0.15) is 4.31 Å². The second-order valence-corrected chi connectivity index (χ2v) is 6.98. The Morgan fingerprint density at radius 2 is 2.17 bits per heavy atom. The van der Waals surface area contributed by atoms with Crippen LogP contribution in [0, 0.1) is 6.92 Å². The van der Waals surface area contributed by atoms with Gasteiger partial charge in [-0.3, -0.25) is 0 Å². The highest BCUT2D eigenvalue weighted by Gasteiger charge is 2.30. The van der Waals surface area contributed by atoms with E-state index in [9.17, 15) is 8.42 Å². The summed E-state index contributed by atoms with van der Waals surface area (Å²) in [6, 6.07) is 4.90. The number of benzene rings is 1. The Labute approximate surface area is 113 Å². The number of aryl methyl sites for hydroxylation is 1. The van der Waals surface area contributed by atoms with E-state index in [0.717, 1.165) is 13.0 Å². The lowest BCUT2D eigenvalue weighted by atomic mass is 10.2. The van der Waals surface area contributed by atoms with E-state index in [1.54, 1.807) is 32.2 Å². The zero-order valence-electron chi connectivity index (χ0n) is 10.5. The Morgan fingerprint density at radius 1 is 1.44 bits per heavy atom. The summed E-state index contributed by atoms with van der Waals surface area (Å²) < 4.78 is 26.5. The third-order valence-corrected chi connectivity index (χ3v) is 5.65. The molecule has 2 rings (SSSR count). The normalized spacial score (nSPS) is 20.6. The highest BCUT2D eigenvalue weighted by molar-refractivity contribution is 7.89. The van der Waals surface area contributed by atoms with Crippen LogP contribution in [0.3, 0.4) is 0 Å². The first-order valence-corrected chi connectivity index (χ1v) is 7.69. The Morgan fingerprint density at radius 3 is 2.72 bits per heavy atom. The Bertz CT molecular complexity index is 539. The molecule has 1 heterocycles. The van der Waals surface area contributed by atoms with Gasteiger partial charge in [0.25, 0.3) is 0 Å². The minimum absolute atomic E-state index is 0.0325. The second-order valence-electron chi connectivity index (χ2n) is 4.58. The fourth-order valence-electron chi connectivity index (χ4n) is 2.20. The summed E-state index contributed by atoms with van der Waals surface area (Å²) in [4.78, 5) is 0.335. The van der Waals surface area contributed by atoms with Gasteiger partial charge in [0.2, 0.25) is 10.0 Å². The van der Waals surface area contributed by atoms with E-state index in [2.05, 4.69) is 5.32 Å². The molecule has 0 aliphatic carbocycles. The predicted molar refractivity (Wildman–Crippen MR) is 72.4 cm³/mol. The van der Waals surface area contributed by atoms with E-state index < -0.39 is 10.0 Å². The van der Waals surface area contributed by atoms with Gasteiger partial charge < -0.3 is 5.32 Å². The topological polar surface area (TPSA) is 49.4 Å². The van der Waals surface area contributed by atoms with Crippen molar-refractivity contribution in [3.8, 4) is 0 Å². The average molecular weight is 289 g/mol. The van der Waals surface area contributed by atoms with Gasteiger partial charge >= 0.3 is 0 Å². The lowest BCUT2D eigenvalue weighted by molar-refractivity contribution is 0.387. The highest BCUT2D eigenvalue weighted by Crippen LogP contribution is 2.24. The van der Waals surface area contributed by atoms with Gasteiger partial charge in [0.15, 0.2) is 0 Å². The van der Waals surface area contributed by atoms with Gasteiger partial charge in [-0.1, -0.05) is 11.6 Å². The van der Waals surface area contributed by atoms with E-state index in [1.165, 1.54) is 4.31 Å². The van der Waals surface area contributed by atoms with Crippen molar-refractivity contribution < 1.29 is 8.42 Å². The molecule has 0 radical (unpaired) electrons. The molecule has 4 nitrogen and oxygen atoms in total. The van der Waals surface area contributed by atoms with Crippen LogP contribution in [0.15, 0.2) is 23.1 Å². The van der Waals surface area contributed by atoms with Crippen LogP contribution < -0.4 is 5.32 Å². The minimum atomic E-state index is -3.44. The molecule has 100 valence electrons. The molecule has 1 aliphatic heterocycles. The number of nitrogens with zero attached hydrogens (tertiary/aromatic N) is 1. The van der Waals surface area contributed by atoms with E-state index >= 15 is 0 Å². The standard InChI is InChI=1S/C12H17ClN2O2S/c1-9-7-10(13)3-4-12(9)18(16,17)15(2)11-5-6-14-8-11/h3-4,7,11,14H,5-6,8H2,1-2H3/t11-/m1/s1. The van der Waals surface area contributed by atoms with Crippen molar-refractivity contribution in [1.29, 1.82) is 0 Å². The van der Waals surface area contributed by atoms with Crippen LogP contribution in [0.25, 0.3) is 0 Å². The van der Waals surface area contributed by atoms with Crippen molar-refractivity contribution in [2.24, 2.45) is 0 Å². The molecular formula is C12H17ClN2O2S.